The third-order valence-corrected chi connectivity index (χ3v) is 8.10. The third-order valence-electron chi connectivity index (χ3n) is 8.10. The normalized spacial score (nSPS) is 19.4. The number of benzene rings is 1. The van der Waals surface area contributed by atoms with E-state index < -0.39 is 6.04 Å². The molecule has 1 N–H and O–H groups in total. The van der Waals surface area contributed by atoms with Gasteiger partial charge < -0.3 is 23.3 Å². The van der Waals surface area contributed by atoms with Crippen molar-refractivity contribution < 1.29 is 19.0 Å². The number of likely N-dealkylation sites (N-methyl/N-ethyl adjacent to an activating group) is 1. The fraction of sp³-hybridized carbons (Fsp3) is 0.567. The Bertz CT molecular complexity index is 1370. The molecule has 2 aromatic heterocycles. The molecule has 1 aliphatic heterocycles. The molecule has 1 aromatic carbocycles. The Morgan fingerprint density at radius 2 is 2.02 bits per heavy atom. The Morgan fingerprint density at radius 3 is 2.75 bits per heavy atom. The number of esters is 1. The van der Waals surface area contributed by atoms with Gasteiger partial charge in [0.1, 0.15) is 18.0 Å². The summed E-state index contributed by atoms with van der Waals surface area (Å²) in [5.74, 6) is 0.556. The standard InChI is InChI=1S/C30H41N5O5/c1-20-13-22(16-34(3)29(20)36)28-32-25-14-21(9-10-27(25)35(28)17-23-18-39-12-11-33(23)2)15-31-26(19-38-4)30(37)40-24-7-5-6-8-24/h9-10,13-14,16,23-24,26,31H,5-8,11-12,15,17-19H2,1-4H3/t23?,26-/m0/s1. The van der Waals surface area contributed by atoms with E-state index in [4.69, 9.17) is 19.2 Å². The van der Waals surface area contributed by atoms with Crippen LogP contribution in [0.1, 0.15) is 36.8 Å². The summed E-state index contributed by atoms with van der Waals surface area (Å²) >= 11 is 0. The van der Waals surface area contributed by atoms with Crippen LogP contribution in [0.3, 0.4) is 0 Å². The molecule has 0 spiro atoms. The van der Waals surface area contributed by atoms with Gasteiger partial charge in [0.2, 0.25) is 0 Å². The van der Waals surface area contributed by atoms with E-state index in [1.807, 2.05) is 19.2 Å². The van der Waals surface area contributed by atoms with Crippen LogP contribution in [0.5, 0.6) is 0 Å². The monoisotopic (exact) mass is 551 g/mol. The maximum atomic E-state index is 12.8. The summed E-state index contributed by atoms with van der Waals surface area (Å²) in [5.41, 5.74) is 4.43. The zero-order valence-corrected chi connectivity index (χ0v) is 24.0. The minimum absolute atomic E-state index is 0.0159. The molecule has 5 rings (SSSR count). The highest BCUT2D eigenvalue weighted by Gasteiger charge is 2.26. The van der Waals surface area contributed by atoms with Crippen LogP contribution in [0.15, 0.2) is 35.3 Å². The molecule has 1 aliphatic carbocycles. The molecular weight excluding hydrogens is 510 g/mol. The number of nitrogens with zero attached hydrogens (tertiary/aromatic N) is 4. The summed E-state index contributed by atoms with van der Waals surface area (Å²) < 4.78 is 20.7. The number of methoxy groups -OCH3 is 1. The van der Waals surface area contributed by atoms with Crippen molar-refractivity contribution >= 4 is 17.0 Å². The number of rotatable bonds is 10. The Hall–Kier alpha value is -3.05. The van der Waals surface area contributed by atoms with Crippen molar-refractivity contribution in [1.29, 1.82) is 0 Å². The first kappa shape index (κ1) is 28.5. The number of pyridine rings is 1. The van der Waals surface area contributed by atoms with Gasteiger partial charge in [0.15, 0.2) is 0 Å². The second kappa shape index (κ2) is 12.6. The number of aryl methyl sites for hydroxylation is 2. The first-order chi connectivity index (χ1) is 19.3. The summed E-state index contributed by atoms with van der Waals surface area (Å²) in [6, 6.07) is 7.80. The average molecular weight is 552 g/mol. The average Bonchev–Trinajstić information content (AvgIpc) is 3.58. The predicted molar refractivity (Wildman–Crippen MR) is 153 cm³/mol. The number of carbonyl (C=O) groups is 1. The van der Waals surface area contributed by atoms with E-state index in [-0.39, 0.29) is 30.3 Å². The van der Waals surface area contributed by atoms with Gasteiger partial charge in [-0.15, -0.1) is 0 Å². The highest BCUT2D eigenvalue weighted by molar-refractivity contribution is 5.81. The number of hydrogen-bond acceptors (Lipinski definition) is 8. The van der Waals surface area contributed by atoms with Gasteiger partial charge in [-0.25, -0.2) is 4.98 Å². The number of ether oxygens (including phenoxy) is 3. The van der Waals surface area contributed by atoms with Gasteiger partial charge >= 0.3 is 5.97 Å². The van der Waals surface area contributed by atoms with Crippen LogP contribution in [0.2, 0.25) is 0 Å². The van der Waals surface area contributed by atoms with E-state index in [0.717, 1.165) is 66.8 Å². The van der Waals surface area contributed by atoms with Crippen LogP contribution < -0.4 is 10.9 Å². The minimum Gasteiger partial charge on any atom is -0.461 e. The molecule has 3 aromatic rings. The second-order valence-electron chi connectivity index (χ2n) is 11.1. The molecule has 216 valence electrons. The molecule has 10 nitrogen and oxygen atoms in total. The number of fused-ring (bicyclic) bond motifs is 1. The molecule has 2 fully saturated rings. The molecule has 0 bridgehead atoms. The Morgan fingerprint density at radius 1 is 1.23 bits per heavy atom. The molecule has 1 saturated carbocycles. The van der Waals surface area contributed by atoms with Gasteiger partial charge in [0.05, 0.1) is 36.9 Å². The molecule has 10 heteroatoms. The fourth-order valence-corrected chi connectivity index (χ4v) is 5.70. The lowest BCUT2D eigenvalue weighted by Gasteiger charge is -2.33. The van der Waals surface area contributed by atoms with Crippen molar-refractivity contribution in [1.82, 2.24) is 24.3 Å². The number of hydrogen-bond donors (Lipinski definition) is 1. The van der Waals surface area contributed by atoms with Gasteiger partial charge in [-0.1, -0.05) is 6.07 Å². The molecular formula is C30H41N5O5. The quantitative estimate of drug-likeness (QED) is 0.384. The van der Waals surface area contributed by atoms with Gasteiger partial charge in [-0.3, -0.25) is 19.8 Å². The molecule has 0 radical (unpaired) electrons. The summed E-state index contributed by atoms with van der Waals surface area (Å²) in [6.07, 6.45) is 5.95. The lowest BCUT2D eigenvalue weighted by Crippen LogP contribution is -2.45. The molecule has 2 atom stereocenters. The fourth-order valence-electron chi connectivity index (χ4n) is 5.70. The number of morpholine rings is 1. The first-order valence-corrected chi connectivity index (χ1v) is 14.2. The van der Waals surface area contributed by atoms with Crippen LogP contribution in [0, 0.1) is 6.92 Å². The van der Waals surface area contributed by atoms with Crippen LogP contribution >= 0.6 is 0 Å². The van der Waals surface area contributed by atoms with Gasteiger partial charge in [0.25, 0.3) is 5.56 Å². The zero-order valence-electron chi connectivity index (χ0n) is 24.0. The van der Waals surface area contributed by atoms with Crippen LogP contribution in [0.25, 0.3) is 22.4 Å². The maximum absolute atomic E-state index is 12.8. The Labute approximate surface area is 235 Å². The van der Waals surface area contributed by atoms with E-state index in [1.165, 1.54) is 0 Å². The summed E-state index contributed by atoms with van der Waals surface area (Å²) in [5, 5.41) is 3.33. The summed E-state index contributed by atoms with van der Waals surface area (Å²) in [6.45, 7) is 5.54. The van der Waals surface area contributed by atoms with Crippen molar-refractivity contribution in [2.24, 2.45) is 7.05 Å². The topological polar surface area (TPSA) is 99.9 Å². The largest absolute Gasteiger partial charge is 0.461 e. The van der Waals surface area contributed by atoms with Gasteiger partial charge in [-0.05, 0) is 63.4 Å². The minimum atomic E-state index is -0.537. The van der Waals surface area contributed by atoms with E-state index in [9.17, 15) is 9.59 Å². The van der Waals surface area contributed by atoms with Gasteiger partial charge in [-0.2, -0.15) is 0 Å². The first-order valence-electron chi connectivity index (χ1n) is 14.2. The van der Waals surface area contributed by atoms with E-state index in [0.29, 0.717) is 25.3 Å². The zero-order chi connectivity index (χ0) is 28.2. The van der Waals surface area contributed by atoms with E-state index in [2.05, 4.69) is 40.0 Å². The van der Waals surface area contributed by atoms with Crippen molar-refractivity contribution in [2.45, 2.75) is 63.9 Å². The maximum Gasteiger partial charge on any atom is 0.325 e. The number of nitrogens with one attached hydrogen (secondary N) is 1. The second-order valence-corrected chi connectivity index (χ2v) is 11.1. The highest BCUT2D eigenvalue weighted by atomic mass is 16.5. The number of carbonyl (C=O) groups excluding carboxylic acids is 1. The molecule has 40 heavy (non-hydrogen) atoms. The molecule has 2 aliphatic rings. The van der Waals surface area contributed by atoms with E-state index >= 15 is 0 Å². The molecule has 1 saturated heterocycles. The smallest absolute Gasteiger partial charge is 0.325 e. The van der Waals surface area contributed by atoms with Crippen molar-refractivity contribution in [3.8, 4) is 11.4 Å². The number of imidazole rings is 1. The molecule has 3 heterocycles. The lowest BCUT2D eigenvalue weighted by atomic mass is 10.1. The van der Waals surface area contributed by atoms with Crippen LogP contribution in [-0.2, 0) is 39.1 Å². The summed E-state index contributed by atoms with van der Waals surface area (Å²) in [4.78, 5) is 32.6. The van der Waals surface area contributed by atoms with Crippen molar-refractivity contribution in [2.75, 3.05) is 40.5 Å². The highest BCUT2D eigenvalue weighted by Crippen LogP contribution is 2.27. The molecule has 1 unspecified atom stereocenters. The van der Waals surface area contributed by atoms with Crippen molar-refractivity contribution in [3.63, 3.8) is 0 Å². The SMILES string of the molecule is COC[C@H](NCc1ccc2c(c1)nc(-c1cc(C)c(=O)n(C)c1)n2CC1COCCN1C)C(=O)OC1CCCC1. The van der Waals surface area contributed by atoms with E-state index in [1.54, 1.807) is 18.7 Å². The summed E-state index contributed by atoms with van der Waals surface area (Å²) in [7, 11) is 5.49. The number of aromatic nitrogens is 3. The van der Waals surface area contributed by atoms with Crippen LogP contribution in [0.4, 0.5) is 0 Å². The predicted octanol–water partition coefficient (Wildman–Crippen LogP) is 2.63. The van der Waals surface area contributed by atoms with Gasteiger partial charge in [0, 0.05) is 51.1 Å². The third kappa shape index (κ3) is 6.30. The van der Waals surface area contributed by atoms with Crippen LogP contribution in [-0.4, -0.2) is 83.7 Å². The Kier molecular flexibility index (Phi) is 9.00. The molecule has 0 amide bonds. The lowest BCUT2D eigenvalue weighted by molar-refractivity contribution is -0.152. The van der Waals surface area contributed by atoms with Crippen molar-refractivity contribution in [3.05, 3.63) is 51.9 Å². The Balaban J connectivity index is 1.42.